The zero-order valence-electron chi connectivity index (χ0n) is 13.5. The van der Waals surface area contributed by atoms with Gasteiger partial charge in [0.15, 0.2) is 0 Å². The van der Waals surface area contributed by atoms with Crippen LogP contribution in [0.1, 0.15) is 16.8 Å². The monoisotopic (exact) mass is 344 g/mol. The van der Waals surface area contributed by atoms with Crippen molar-refractivity contribution >= 4 is 23.6 Å². The average molecular weight is 344 g/mol. The van der Waals surface area contributed by atoms with Gasteiger partial charge in [0.05, 0.1) is 17.1 Å². The lowest BCUT2D eigenvalue weighted by molar-refractivity contribution is -0.113. The van der Waals surface area contributed by atoms with Gasteiger partial charge in [-0.15, -0.1) is 5.10 Å². The van der Waals surface area contributed by atoms with Gasteiger partial charge in [0, 0.05) is 6.07 Å². The summed E-state index contributed by atoms with van der Waals surface area (Å²) in [7, 11) is 0. The zero-order chi connectivity index (χ0) is 17.1. The fourth-order valence-corrected chi connectivity index (χ4v) is 2.95. The molecule has 0 radical (unpaired) electrons. The van der Waals surface area contributed by atoms with Crippen molar-refractivity contribution in [2.24, 2.45) is 0 Å². The molecule has 3 rings (SSSR count). The summed E-state index contributed by atoms with van der Waals surface area (Å²) in [6.07, 6.45) is 0. The van der Waals surface area contributed by atoms with E-state index in [1.54, 1.807) is 17.7 Å². The first-order chi connectivity index (χ1) is 11.5. The molecule has 9 heteroatoms. The van der Waals surface area contributed by atoms with Crippen LogP contribution in [-0.2, 0) is 4.79 Å². The molecule has 0 unspecified atom stereocenters. The van der Waals surface area contributed by atoms with Crippen LogP contribution in [0.4, 0.5) is 5.88 Å². The van der Waals surface area contributed by atoms with E-state index in [1.807, 2.05) is 32.0 Å². The first-order valence-electron chi connectivity index (χ1n) is 7.25. The lowest BCUT2D eigenvalue weighted by Crippen LogP contribution is -2.14. The Hall–Kier alpha value is -2.68. The van der Waals surface area contributed by atoms with Crippen LogP contribution in [-0.4, -0.2) is 37.0 Å². The van der Waals surface area contributed by atoms with E-state index >= 15 is 0 Å². The molecule has 0 aliphatic heterocycles. The fraction of sp³-hybridized carbons (Fsp3) is 0.267. The second-order valence-electron chi connectivity index (χ2n) is 5.28. The third-order valence-electron chi connectivity index (χ3n) is 3.32. The molecular weight excluding hydrogens is 328 g/mol. The Balaban J connectivity index is 1.71. The predicted octanol–water partition coefficient (Wildman–Crippen LogP) is 2.31. The standard InChI is InChI=1S/C15H16N6O2S/c1-9-5-4-6-10(2)14(9)21-15(17-19-20-21)24-8-12(22)16-13-7-11(3)18-23-13/h4-7H,8H2,1-3H3,(H,16,22). The summed E-state index contributed by atoms with van der Waals surface area (Å²) in [5, 5.41) is 18.7. The number of carbonyl (C=O) groups is 1. The largest absolute Gasteiger partial charge is 0.338 e. The minimum atomic E-state index is -0.216. The maximum atomic E-state index is 12.0. The van der Waals surface area contributed by atoms with E-state index in [4.69, 9.17) is 4.52 Å². The number of amides is 1. The Kier molecular flexibility index (Phi) is 4.61. The molecular formula is C15H16N6O2S. The van der Waals surface area contributed by atoms with Crippen molar-refractivity contribution in [1.82, 2.24) is 25.4 Å². The van der Waals surface area contributed by atoms with Gasteiger partial charge in [-0.3, -0.25) is 10.1 Å². The molecule has 0 spiro atoms. The minimum Gasteiger partial charge on any atom is -0.338 e. The number of aryl methyl sites for hydroxylation is 3. The van der Waals surface area contributed by atoms with Crippen LogP contribution in [0.25, 0.3) is 5.69 Å². The number of nitrogens with zero attached hydrogens (tertiary/aromatic N) is 5. The molecule has 1 N–H and O–H groups in total. The van der Waals surface area contributed by atoms with E-state index in [-0.39, 0.29) is 11.7 Å². The highest BCUT2D eigenvalue weighted by Gasteiger charge is 2.15. The highest BCUT2D eigenvalue weighted by Crippen LogP contribution is 2.23. The van der Waals surface area contributed by atoms with Crippen molar-refractivity contribution in [2.45, 2.75) is 25.9 Å². The summed E-state index contributed by atoms with van der Waals surface area (Å²) in [5.74, 6) is 0.269. The SMILES string of the molecule is Cc1cc(NC(=O)CSc2nnnn2-c2c(C)cccc2C)on1. The lowest BCUT2D eigenvalue weighted by atomic mass is 10.1. The topological polar surface area (TPSA) is 98.7 Å². The van der Waals surface area contributed by atoms with Crippen LogP contribution in [0, 0.1) is 20.8 Å². The van der Waals surface area contributed by atoms with Crippen LogP contribution in [0.2, 0.25) is 0 Å². The van der Waals surface area contributed by atoms with Gasteiger partial charge in [-0.1, -0.05) is 35.1 Å². The second kappa shape index (κ2) is 6.83. The number of anilines is 1. The molecule has 0 fully saturated rings. The van der Waals surface area contributed by atoms with E-state index in [2.05, 4.69) is 26.0 Å². The second-order valence-corrected chi connectivity index (χ2v) is 6.23. The molecule has 1 aromatic carbocycles. The quantitative estimate of drug-likeness (QED) is 0.709. The smallest absolute Gasteiger partial charge is 0.237 e. The molecule has 1 amide bonds. The predicted molar refractivity (Wildman–Crippen MR) is 89.2 cm³/mol. The van der Waals surface area contributed by atoms with Gasteiger partial charge in [0.2, 0.25) is 16.9 Å². The molecule has 8 nitrogen and oxygen atoms in total. The molecule has 2 heterocycles. The van der Waals surface area contributed by atoms with Gasteiger partial charge in [0.25, 0.3) is 0 Å². The molecule has 0 atom stereocenters. The summed E-state index contributed by atoms with van der Waals surface area (Å²) in [6, 6.07) is 7.64. The number of para-hydroxylation sites is 1. The molecule has 2 aromatic heterocycles. The maximum Gasteiger partial charge on any atom is 0.237 e. The first kappa shape index (κ1) is 16.2. The van der Waals surface area contributed by atoms with Crippen molar-refractivity contribution < 1.29 is 9.32 Å². The number of tetrazole rings is 1. The Labute approximate surface area is 142 Å². The minimum absolute atomic E-state index is 0.158. The highest BCUT2D eigenvalue weighted by atomic mass is 32.2. The van der Waals surface area contributed by atoms with Gasteiger partial charge >= 0.3 is 0 Å². The van der Waals surface area contributed by atoms with Crippen LogP contribution < -0.4 is 5.32 Å². The van der Waals surface area contributed by atoms with Crippen LogP contribution >= 0.6 is 11.8 Å². The molecule has 3 aromatic rings. The molecule has 0 aliphatic carbocycles. The summed E-state index contributed by atoms with van der Waals surface area (Å²) >= 11 is 1.25. The summed E-state index contributed by atoms with van der Waals surface area (Å²) in [4.78, 5) is 12.0. The summed E-state index contributed by atoms with van der Waals surface area (Å²) < 4.78 is 6.61. The zero-order valence-corrected chi connectivity index (χ0v) is 14.3. The van der Waals surface area contributed by atoms with Crippen LogP contribution in [0.5, 0.6) is 0 Å². The first-order valence-corrected chi connectivity index (χ1v) is 8.24. The molecule has 0 saturated heterocycles. The Morgan fingerprint density at radius 2 is 2.04 bits per heavy atom. The highest BCUT2D eigenvalue weighted by molar-refractivity contribution is 7.99. The fourth-order valence-electron chi connectivity index (χ4n) is 2.28. The average Bonchev–Trinajstić information content (AvgIpc) is 3.14. The molecule has 0 aliphatic rings. The van der Waals surface area contributed by atoms with Crippen molar-refractivity contribution in [3.05, 3.63) is 41.1 Å². The number of rotatable bonds is 5. The van der Waals surface area contributed by atoms with Crippen molar-refractivity contribution in [2.75, 3.05) is 11.1 Å². The maximum absolute atomic E-state index is 12.0. The van der Waals surface area contributed by atoms with Gasteiger partial charge in [-0.05, 0) is 42.3 Å². The third-order valence-corrected chi connectivity index (χ3v) is 4.23. The van der Waals surface area contributed by atoms with E-state index in [1.165, 1.54) is 11.8 Å². The Morgan fingerprint density at radius 1 is 1.29 bits per heavy atom. The van der Waals surface area contributed by atoms with Crippen molar-refractivity contribution in [1.29, 1.82) is 0 Å². The van der Waals surface area contributed by atoms with E-state index < -0.39 is 0 Å². The van der Waals surface area contributed by atoms with Crippen molar-refractivity contribution in [3.63, 3.8) is 0 Å². The number of aromatic nitrogens is 5. The van der Waals surface area contributed by atoms with E-state index in [9.17, 15) is 4.79 Å². The lowest BCUT2D eigenvalue weighted by Gasteiger charge is -2.10. The van der Waals surface area contributed by atoms with Crippen molar-refractivity contribution in [3.8, 4) is 5.69 Å². The van der Waals surface area contributed by atoms with E-state index in [0.29, 0.717) is 16.7 Å². The van der Waals surface area contributed by atoms with Gasteiger partial charge in [-0.2, -0.15) is 4.68 Å². The van der Waals surface area contributed by atoms with Gasteiger partial charge < -0.3 is 4.52 Å². The number of benzene rings is 1. The van der Waals surface area contributed by atoms with Crippen LogP contribution in [0.3, 0.4) is 0 Å². The number of thioether (sulfide) groups is 1. The third kappa shape index (κ3) is 3.46. The number of nitrogens with one attached hydrogen (secondary N) is 1. The van der Waals surface area contributed by atoms with Gasteiger partial charge in [-0.25, -0.2) is 0 Å². The molecule has 24 heavy (non-hydrogen) atoms. The molecule has 124 valence electrons. The number of carbonyl (C=O) groups excluding carboxylic acids is 1. The molecule has 0 bridgehead atoms. The van der Waals surface area contributed by atoms with E-state index in [0.717, 1.165) is 16.8 Å². The number of hydrogen-bond acceptors (Lipinski definition) is 7. The van der Waals surface area contributed by atoms with Gasteiger partial charge in [0.1, 0.15) is 0 Å². The Morgan fingerprint density at radius 3 is 2.71 bits per heavy atom. The summed E-state index contributed by atoms with van der Waals surface area (Å²) in [5.41, 5.74) is 3.75. The van der Waals surface area contributed by atoms with Crippen LogP contribution in [0.15, 0.2) is 33.9 Å². The normalized spacial score (nSPS) is 10.8. The summed E-state index contributed by atoms with van der Waals surface area (Å²) in [6.45, 7) is 5.78. The number of hydrogen-bond donors (Lipinski definition) is 1. The Bertz CT molecular complexity index is 852. The molecule has 0 saturated carbocycles.